The Hall–Kier alpha value is -2.87. The van der Waals surface area contributed by atoms with Gasteiger partial charge in [-0.2, -0.15) is 0 Å². The van der Waals surface area contributed by atoms with Gasteiger partial charge in [0.15, 0.2) is 11.0 Å². The van der Waals surface area contributed by atoms with Gasteiger partial charge in [0.05, 0.1) is 19.7 Å². The summed E-state index contributed by atoms with van der Waals surface area (Å²) in [7, 11) is 4.35. The molecule has 2 heteroatoms. The minimum Gasteiger partial charge on any atom is -0.226 e. The van der Waals surface area contributed by atoms with Crippen molar-refractivity contribution < 1.29 is 4.57 Å². The lowest BCUT2D eigenvalue weighted by Gasteiger charge is -2.20. The molecule has 2 nitrogen and oxygen atoms in total. The van der Waals surface area contributed by atoms with Crippen LogP contribution >= 0.6 is 0 Å². The molecule has 0 N–H and O–H groups in total. The molecule has 0 saturated carbocycles. The highest BCUT2D eigenvalue weighted by Crippen LogP contribution is 2.31. The molecule has 0 spiro atoms. The van der Waals surface area contributed by atoms with E-state index < -0.39 is 0 Å². The average Bonchev–Trinajstić information content (AvgIpc) is 2.92. The normalized spacial score (nSPS) is 11.9. The summed E-state index contributed by atoms with van der Waals surface area (Å²) in [5.74, 6) is 1.24. The molecule has 28 heavy (non-hydrogen) atoms. The van der Waals surface area contributed by atoms with Crippen molar-refractivity contribution in [2.75, 3.05) is 0 Å². The van der Waals surface area contributed by atoms with Crippen LogP contribution in [0.4, 0.5) is 0 Å². The highest BCUT2D eigenvalue weighted by molar-refractivity contribution is 5.82. The topological polar surface area (TPSA) is 8.81 Å². The van der Waals surface area contributed by atoms with Crippen LogP contribution in [-0.4, -0.2) is 4.57 Å². The van der Waals surface area contributed by atoms with Gasteiger partial charge in [-0.3, -0.25) is 0 Å². The summed E-state index contributed by atoms with van der Waals surface area (Å²) in [5.41, 5.74) is 9.10. The molecule has 0 bridgehead atoms. The molecule has 4 aromatic rings. The molecule has 142 valence electrons. The van der Waals surface area contributed by atoms with Crippen LogP contribution in [0.1, 0.15) is 31.9 Å². The number of fused-ring (bicyclic) bond motifs is 1. The fourth-order valence-electron chi connectivity index (χ4n) is 4.03. The number of hydrogen-bond donors (Lipinski definition) is 0. The maximum atomic E-state index is 2.36. The minimum atomic E-state index is 0.131. The summed E-state index contributed by atoms with van der Waals surface area (Å²) in [6.07, 6.45) is 0. The summed E-state index contributed by atoms with van der Waals surface area (Å²) in [4.78, 5) is 0. The molecular weight excluding hydrogens is 340 g/mol. The summed E-state index contributed by atoms with van der Waals surface area (Å²) < 4.78 is 4.65. The Morgan fingerprint density at radius 3 is 2.21 bits per heavy atom. The zero-order valence-corrected chi connectivity index (χ0v) is 17.7. The minimum absolute atomic E-state index is 0.131. The summed E-state index contributed by atoms with van der Waals surface area (Å²) in [5, 5.41) is 0. The zero-order valence-electron chi connectivity index (χ0n) is 17.7. The monoisotopic (exact) mass is 369 g/mol. The lowest BCUT2D eigenvalue weighted by Crippen LogP contribution is -2.30. The van der Waals surface area contributed by atoms with E-state index in [0.29, 0.717) is 0 Å². The maximum Gasteiger partial charge on any atom is 0.289 e. The largest absolute Gasteiger partial charge is 0.289 e. The maximum absolute atomic E-state index is 2.36. The van der Waals surface area contributed by atoms with E-state index in [1.54, 1.807) is 0 Å². The zero-order chi connectivity index (χ0) is 20.1. The van der Waals surface area contributed by atoms with E-state index in [0.717, 1.165) is 0 Å². The van der Waals surface area contributed by atoms with Crippen LogP contribution in [0.3, 0.4) is 0 Å². The molecule has 0 aliphatic heterocycles. The fourth-order valence-corrected chi connectivity index (χ4v) is 4.03. The highest BCUT2D eigenvalue weighted by atomic mass is 15.1. The third-order valence-electron chi connectivity index (χ3n) is 5.79. The van der Waals surface area contributed by atoms with Gasteiger partial charge in [-0.15, -0.1) is 0 Å². The van der Waals surface area contributed by atoms with Gasteiger partial charge in [0.1, 0.15) is 0 Å². The predicted molar refractivity (Wildman–Crippen MR) is 118 cm³/mol. The van der Waals surface area contributed by atoms with Crippen LogP contribution in [0.15, 0.2) is 66.7 Å². The molecule has 0 aliphatic rings. The van der Waals surface area contributed by atoms with Crippen LogP contribution in [-0.2, 0) is 19.5 Å². The Labute approximate surface area is 168 Å². The van der Waals surface area contributed by atoms with Gasteiger partial charge < -0.3 is 0 Å². The van der Waals surface area contributed by atoms with Gasteiger partial charge in [-0.05, 0) is 58.9 Å². The second-order valence-corrected chi connectivity index (χ2v) is 8.79. The van der Waals surface area contributed by atoms with Crippen LogP contribution in [0, 0.1) is 6.92 Å². The number of hydrogen-bond acceptors (Lipinski definition) is 0. The SMILES string of the molecule is Cc1ccc(C(C)(C)C)cc1-c1n(C)c2ccc(-c3ccccc3)cc2[n+]1C. The summed E-state index contributed by atoms with van der Waals surface area (Å²) in [6.45, 7) is 9.02. The van der Waals surface area contributed by atoms with Crippen molar-refractivity contribution in [3.63, 3.8) is 0 Å². The van der Waals surface area contributed by atoms with E-state index in [4.69, 9.17) is 0 Å². The van der Waals surface area contributed by atoms with E-state index >= 15 is 0 Å². The van der Waals surface area contributed by atoms with Gasteiger partial charge in [-0.1, -0.05) is 63.2 Å². The fraction of sp³-hybridized carbons (Fsp3) is 0.269. The molecule has 0 aliphatic carbocycles. The van der Waals surface area contributed by atoms with E-state index in [1.165, 1.54) is 44.7 Å². The predicted octanol–water partition coefficient (Wildman–Crippen LogP) is 5.94. The Balaban J connectivity index is 1.94. The third-order valence-corrected chi connectivity index (χ3v) is 5.79. The Kier molecular flexibility index (Phi) is 4.38. The molecule has 1 heterocycles. The smallest absolute Gasteiger partial charge is 0.226 e. The molecular formula is C26H29N2+. The first-order valence-electron chi connectivity index (χ1n) is 9.93. The molecule has 0 atom stereocenters. The molecule has 4 rings (SSSR count). The van der Waals surface area contributed by atoms with Gasteiger partial charge >= 0.3 is 0 Å². The van der Waals surface area contributed by atoms with E-state index in [-0.39, 0.29) is 5.41 Å². The lowest BCUT2D eigenvalue weighted by molar-refractivity contribution is -0.634. The van der Waals surface area contributed by atoms with Crippen molar-refractivity contribution in [1.29, 1.82) is 0 Å². The Morgan fingerprint density at radius 1 is 0.821 bits per heavy atom. The number of aromatic nitrogens is 2. The van der Waals surface area contributed by atoms with Crippen molar-refractivity contribution in [1.82, 2.24) is 4.57 Å². The number of aryl methyl sites for hydroxylation is 3. The van der Waals surface area contributed by atoms with Crippen molar-refractivity contribution in [2.45, 2.75) is 33.1 Å². The molecule has 0 radical (unpaired) electrons. The number of benzene rings is 3. The van der Waals surface area contributed by atoms with E-state index in [1.807, 2.05) is 0 Å². The van der Waals surface area contributed by atoms with Crippen molar-refractivity contribution >= 4 is 11.0 Å². The van der Waals surface area contributed by atoms with Gasteiger partial charge in [0.2, 0.25) is 0 Å². The van der Waals surface area contributed by atoms with Gasteiger partial charge in [-0.25, -0.2) is 9.13 Å². The Morgan fingerprint density at radius 2 is 1.54 bits per heavy atom. The lowest BCUT2D eigenvalue weighted by atomic mass is 9.85. The first kappa shape index (κ1) is 18.5. The second kappa shape index (κ2) is 6.63. The third kappa shape index (κ3) is 3.03. The number of nitrogens with zero attached hydrogens (tertiary/aromatic N) is 2. The molecule has 0 saturated heterocycles. The van der Waals surface area contributed by atoms with Crippen molar-refractivity contribution in [2.24, 2.45) is 14.1 Å². The Bertz CT molecular complexity index is 1160. The quantitative estimate of drug-likeness (QED) is 0.387. The van der Waals surface area contributed by atoms with E-state index in [9.17, 15) is 0 Å². The molecule has 3 aromatic carbocycles. The van der Waals surface area contributed by atoms with Gasteiger partial charge in [0, 0.05) is 0 Å². The van der Waals surface area contributed by atoms with Crippen molar-refractivity contribution in [3.8, 4) is 22.5 Å². The first-order valence-corrected chi connectivity index (χ1v) is 9.93. The van der Waals surface area contributed by atoms with Crippen LogP contribution < -0.4 is 4.57 Å². The van der Waals surface area contributed by atoms with Crippen LogP contribution in [0.2, 0.25) is 0 Å². The summed E-state index contributed by atoms with van der Waals surface area (Å²) in [6, 6.07) is 24.2. The number of imidazole rings is 1. The van der Waals surface area contributed by atoms with E-state index in [2.05, 4.69) is 118 Å². The summed E-state index contributed by atoms with van der Waals surface area (Å²) >= 11 is 0. The average molecular weight is 370 g/mol. The molecule has 0 fully saturated rings. The van der Waals surface area contributed by atoms with Crippen LogP contribution in [0.5, 0.6) is 0 Å². The number of rotatable bonds is 2. The second-order valence-electron chi connectivity index (χ2n) is 8.79. The highest BCUT2D eigenvalue weighted by Gasteiger charge is 2.25. The van der Waals surface area contributed by atoms with Crippen LogP contribution in [0.25, 0.3) is 33.5 Å². The molecule has 0 unspecified atom stereocenters. The molecule has 0 amide bonds. The first-order chi connectivity index (χ1) is 13.3. The standard InChI is InChI=1S/C26H29N2/c1-18-12-14-21(26(2,3)4)17-22(18)25-27(5)23-15-13-20(16-24(23)28(25)6)19-10-8-7-9-11-19/h7-17H,1-6H3/q+1. The van der Waals surface area contributed by atoms with Crippen molar-refractivity contribution in [3.05, 3.63) is 77.9 Å². The molecule has 1 aromatic heterocycles. The van der Waals surface area contributed by atoms with Gasteiger partial charge in [0.25, 0.3) is 5.82 Å².